The zero-order valence-electron chi connectivity index (χ0n) is 15.7. The zero-order chi connectivity index (χ0) is 22.4. The van der Waals surface area contributed by atoms with Gasteiger partial charge in [-0.25, -0.2) is 0 Å². The van der Waals surface area contributed by atoms with Crippen LogP contribution in [0.2, 0.25) is 0 Å². The van der Waals surface area contributed by atoms with E-state index in [4.69, 9.17) is 13.9 Å². The maximum Gasteiger partial charge on any atom is 0.239 e. The lowest BCUT2D eigenvalue weighted by Gasteiger charge is -2.19. The third kappa shape index (κ3) is 3.49. The summed E-state index contributed by atoms with van der Waals surface area (Å²) in [6.07, 6.45) is -5.86. The third-order valence-corrected chi connectivity index (χ3v) is 4.89. The van der Waals surface area contributed by atoms with Gasteiger partial charge in [0, 0.05) is 17.7 Å². The molecule has 1 aliphatic heterocycles. The van der Waals surface area contributed by atoms with Crippen LogP contribution < -0.4 is 10.2 Å². The van der Waals surface area contributed by atoms with Gasteiger partial charge in [0.25, 0.3) is 0 Å². The van der Waals surface area contributed by atoms with Gasteiger partial charge in [-0.15, -0.1) is 0 Å². The molecule has 0 saturated carbocycles. The van der Waals surface area contributed by atoms with E-state index < -0.39 is 59.6 Å². The summed E-state index contributed by atoms with van der Waals surface area (Å²) in [5.74, 6) is -2.78. The molecule has 11 heteroatoms. The van der Waals surface area contributed by atoms with E-state index in [2.05, 4.69) is 0 Å². The van der Waals surface area contributed by atoms with Crippen molar-refractivity contribution in [2.45, 2.75) is 24.6 Å². The lowest BCUT2D eigenvalue weighted by atomic mass is 10.1. The number of hydrogen-bond donors (Lipinski definition) is 7. The first-order valence-electron chi connectivity index (χ1n) is 9.05. The second-order valence-corrected chi connectivity index (χ2v) is 6.96. The zero-order valence-corrected chi connectivity index (χ0v) is 15.7. The summed E-state index contributed by atoms with van der Waals surface area (Å²) in [6, 6.07) is 5.50. The van der Waals surface area contributed by atoms with Gasteiger partial charge >= 0.3 is 0 Å². The molecule has 7 N–H and O–H groups in total. The van der Waals surface area contributed by atoms with Crippen molar-refractivity contribution in [1.82, 2.24) is 0 Å². The Labute approximate surface area is 173 Å². The van der Waals surface area contributed by atoms with Crippen LogP contribution in [-0.2, 0) is 4.74 Å². The summed E-state index contributed by atoms with van der Waals surface area (Å²) < 4.78 is 16.4. The summed E-state index contributed by atoms with van der Waals surface area (Å²) >= 11 is 0. The van der Waals surface area contributed by atoms with Crippen molar-refractivity contribution >= 4 is 11.0 Å². The average Bonchev–Trinajstić information content (AvgIpc) is 2.99. The highest BCUT2D eigenvalue weighted by atomic mass is 16.7. The van der Waals surface area contributed by atoms with Gasteiger partial charge in [-0.05, 0) is 18.2 Å². The highest BCUT2D eigenvalue weighted by Gasteiger charge is 2.44. The number of aliphatic hydroxyl groups excluding tert-OH is 3. The Bertz CT molecular complexity index is 1200. The van der Waals surface area contributed by atoms with Gasteiger partial charge in [0.15, 0.2) is 17.3 Å². The number of aromatic hydroxyl groups is 4. The molecule has 1 aromatic heterocycles. The minimum atomic E-state index is -1.62. The average molecular weight is 434 g/mol. The van der Waals surface area contributed by atoms with Crippen LogP contribution >= 0.6 is 0 Å². The molecule has 0 amide bonds. The molecular weight excluding hydrogens is 416 g/mol. The van der Waals surface area contributed by atoms with Gasteiger partial charge in [0.2, 0.25) is 17.5 Å². The van der Waals surface area contributed by atoms with E-state index in [0.717, 1.165) is 24.3 Å². The normalized spacial score (nSPS) is 23.3. The van der Waals surface area contributed by atoms with E-state index in [9.17, 15) is 40.5 Å². The van der Waals surface area contributed by atoms with Crippen molar-refractivity contribution in [2.24, 2.45) is 0 Å². The number of ether oxygens (including phenoxy) is 2. The molecule has 0 aliphatic carbocycles. The number of rotatable bonds is 4. The Morgan fingerprint density at radius 2 is 1.68 bits per heavy atom. The van der Waals surface area contributed by atoms with E-state index in [1.807, 2.05) is 0 Å². The van der Waals surface area contributed by atoms with Crippen LogP contribution in [0.1, 0.15) is 0 Å². The lowest BCUT2D eigenvalue weighted by Crippen LogP contribution is -2.36. The Morgan fingerprint density at radius 3 is 2.32 bits per heavy atom. The van der Waals surface area contributed by atoms with Crippen molar-refractivity contribution in [1.29, 1.82) is 0 Å². The Kier molecular flexibility index (Phi) is 5.11. The van der Waals surface area contributed by atoms with Gasteiger partial charge in [-0.2, -0.15) is 0 Å². The molecule has 164 valence electrons. The molecule has 4 atom stereocenters. The number of fused-ring (bicyclic) bond motifs is 1. The molecule has 1 aliphatic rings. The molecule has 1 saturated heterocycles. The van der Waals surface area contributed by atoms with Crippen molar-refractivity contribution in [3.8, 4) is 40.1 Å². The number of aliphatic hydroxyl groups is 3. The van der Waals surface area contributed by atoms with Crippen LogP contribution in [0, 0.1) is 0 Å². The molecule has 2 heterocycles. The molecular formula is C20H18O11. The van der Waals surface area contributed by atoms with Crippen LogP contribution in [0.15, 0.2) is 39.5 Å². The van der Waals surface area contributed by atoms with Crippen molar-refractivity contribution in [3.05, 3.63) is 40.6 Å². The number of phenolic OH excluding ortho intramolecular Hbond substituents is 4. The third-order valence-electron chi connectivity index (χ3n) is 4.89. The minimum Gasteiger partial charge on any atom is -0.508 e. The molecule has 4 rings (SSSR count). The fourth-order valence-electron chi connectivity index (χ4n) is 3.31. The largest absolute Gasteiger partial charge is 0.508 e. The number of phenols is 4. The van der Waals surface area contributed by atoms with Crippen molar-refractivity contribution in [2.75, 3.05) is 6.61 Å². The van der Waals surface area contributed by atoms with E-state index in [0.29, 0.717) is 0 Å². The fraction of sp³-hybridized carbons (Fsp3) is 0.250. The van der Waals surface area contributed by atoms with Gasteiger partial charge < -0.3 is 49.6 Å². The predicted molar refractivity (Wildman–Crippen MR) is 103 cm³/mol. The Morgan fingerprint density at radius 1 is 0.935 bits per heavy atom. The molecule has 2 aromatic carbocycles. The first kappa shape index (κ1) is 20.8. The van der Waals surface area contributed by atoms with Crippen molar-refractivity contribution in [3.63, 3.8) is 0 Å². The lowest BCUT2D eigenvalue weighted by molar-refractivity contribution is -0.117. The molecule has 0 radical (unpaired) electrons. The molecule has 11 nitrogen and oxygen atoms in total. The molecule has 3 aromatic rings. The first-order chi connectivity index (χ1) is 14.7. The maximum absolute atomic E-state index is 13.1. The van der Waals surface area contributed by atoms with Crippen LogP contribution in [0.5, 0.6) is 28.7 Å². The summed E-state index contributed by atoms with van der Waals surface area (Å²) in [4.78, 5) is 13.1. The van der Waals surface area contributed by atoms with Gasteiger partial charge in [-0.1, -0.05) is 0 Å². The summed E-state index contributed by atoms with van der Waals surface area (Å²) in [7, 11) is 0. The van der Waals surface area contributed by atoms with Crippen LogP contribution in [0.25, 0.3) is 22.3 Å². The van der Waals surface area contributed by atoms with Crippen LogP contribution in [-0.4, -0.2) is 67.0 Å². The van der Waals surface area contributed by atoms with E-state index >= 15 is 0 Å². The molecule has 31 heavy (non-hydrogen) atoms. The van der Waals surface area contributed by atoms with Crippen molar-refractivity contribution < 1.29 is 49.6 Å². The quantitative estimate of drug-likeness (QED) is 0.276. The highest BCUT2D eigenvalue weighted by Crippen LogP contribution is 2.39. The summed E-state index contributed by atoms with van der Waals surface area (Å²) in [5.41, 5.74) is -1.04. The Balaban J connectivity index is 1.92. The molecule has 1 fully saturated rings. The minimum absolute atomic E-state index is 0.0684. The van der Waals surface area contributed by atoms with Gasteiger partial charge in [0.05, 0.1) is 6.61 Å². The first-order valence-corrected chi connectivity index (χ1v) is 9.05. The predicted octanol–water partition coefficient (Wildman–Crippen LogP) is 0.100. The van der Waals surface area contributed by atoms with Gasteiger partial charge in [0.1, 0.15) is 40.8 Å². The second-order valence-electron chi connectivity index (χ2n) is 6.96. The number of benzene rings is 2. The number of hydrogen-bond acceptors (Lipinski definition) is 11. The molecule has 0 spiro atoms. The van der Waals surface area contributed by atoms with E-state index in [1.54, 1.807) is 0 Å². The van der Waals surface area contributed by atoms with Crippen LogP contribution in [0.3, 0.4) is 0 Å². The fourth-order valence-corrected chi connectivity index (χ4v) is 3.31. The van der Waals surface area contributed by atoms with Gasteiger partial charge in [-0.3, -0.25) is 4.79 Å². The SMILES string of the molecule is O=c1c(OC2OC(CO)C(O)C2O)c(-c2ccc(O)c(O)c2)oc2cc(O)cc(O)c12. The maximum atomic E-state index is 13.1. The smallest absolute Gasteiger partial charge is 0.239 e. The van der Waals surface area contributed by atoms with E-state index in [-0.39, 0.29) is 28.0 Å². The standard InChI is InChI=1S/C20H18O11/c21-6-13-15(26)17(28)20(30-13)31-19-16(27)14-11(25)4-8(22)5-12(14)29-18(19)7-1-2-9(23)10(24)3-7/h1-5,13,15,17,20-26,28H,6H2. The highest BCUT2D eigenvalue weighted by molar-refractivity contribution is 5.88. The summed E-state index contributed by atoms with van der Waals surface area (Å²) in [6.45, 7) is -0.622. The summed E-state index contributed by atoms with van der Waals surface area (Å²) in [5, 5.41) is 68.3. The Hall–Kier alpha value is -3.51. The monoisotopic (exact) mass is 434 g/mol. The second kappa shape index (κ2) is 7.63. The molecule has 0 bridgehead atoms. The molecule has 4 unspecified atom stereocenters. The van der Waals surface area contributed by atoms with Crippen LogP contribution in [0.4, 0.5) is 0 Å². The topological polar surface area (TPSA) is 190 Å². The van der Waals surface area contributed by atoms with E-state index in [1.165, 1.54) is 6.07 Å².